The zero-order chi connectivity index (χ0) is 5.15. The van der Waals surface area contributed by atoms with Gasteiger partial charge in [-0.25, -0.2) is 0 Å². The van der Waals surface area contributed by atoms with Crippen LogP contribution in [0.15, 0.2) is 0 Å². The number of rotatable bonds is 1. The van der Waals surface area contributed by atoms with Crippen molar-refractivity contribution in [1.29, 1.82) is 0 Å². The molecule has 0 saturated carbocycles. The maximum atomic E-state index is 9.65. The predicted octanol–water partition coefficient (Wildman–Crippen LogP) is 0.206. The van der Waals surface area contributed by atoms with Gasteiger partial charge in [-0.1, -0.05) is 15.9 Å². The van der Waals surface area contributed by atoms with Crippen LogP contribution in [0.4, 0.5) is 0 Å². The zero-order valence-electron chi connectivity index (χ0n) is 3.31. The van der Waals surface area contributed by atoms with Crippen molar-refractivity contribution in [2.45, 2.75) is 11.8 Å². The van der Waals surface area contributed by atoms with Crippen LogP contribution >= 0.6 is 15.9 Å². The number of carbonyl (C=O) groups is 1. The Morgan fingerprint density at radius 3 is 2.00 bits per heavy atom. The fourth-order valence-corrected chi connectivity index (χ4v) is 0. The Bertz CT molecular complexity index is 64.0. The molecule has 1 atom stereocenters. The Morgan fingerprint density at radius 1 is 1.86 bits per heavy atom. The second kappa shape index (κ2) is 4.70. The van der Waals surface area contributed by atoms with Crippen LogP contribution in [0.2, 0.25) is 0 Å². The monoisotopic (exact) mass is 160 g/mol. The summed E-state index contributed by atoms with van der Waals surface area (Å²) in [5, 5.41) is 7.94. The van der Waals surface area contributed by atoms with Crippen molar-refractivity contribution in [3.05, 3.63) is 0 Å². The third kappa shape index (κ3) is 6.55. The van der Waals surface area contributed by atoms with Gasteiger partial charge in [0.15, 0.2) is 0 Å². The maximum absolute atomic E-state index is 9.65. The van der Waals surface area contributed by atoms with Crippen molar-refractivity contribution >= 4 is 40.8 Å². The summed E-state index contributed by atoms with van der Waals surface area (Å²) >= 11 is 2.84. The number of hydrogen-bond acceptors (Lipinski definition) is 1. The van der Waals surface area contributed by atoms with Crippen LogP contribution in [-0.2, 0) is 4.79 Å². The standard InChI is InChI=1S/C3H5BrO2.Li.H/c1-2(4)3(5)6;;/h2H,1H3,(H,5,6);;. The van der Waals surface area contributed by atoms with E-state index in [4.69, 9.17) is 5.11 Å². The van der Waals surface area contributed by atoms with Gasteiger partial charge in [-0.2, -0.15) is 0 Å². The number of carboxylic acids is 1. The van der Waals surface area contributed by atoms with E-state index in [0.29, 0.717) is 0 Å². The molecule has 0 aromatic heterocycles. The molecule has 0 fully saturated rings. The summed E-state index contributed by atoms with van der Waals surface area (Å²) in [4.78, 5) is 9.23. The van der Waals surface area contributed by atoms with Gasteiger partial charge in [0.2, 0.25) is 0 Å². The summed E-state index contributed by atoms with van der Waals surface area (Å²) in [6, 6.07) is 0. The molecule has 0 aliphatic carbocycles. The summed E-state index contributed by atoms with van der Waals surface area (Å²) in [6.45, 7) is 1.56. The molecule has 4 heteroatoms. The van der Waals surface area contributed by atoms with Crippen LogP contribution in [0.5, 0.6) is 0 Å². The van der Waals surface area contributed by atoms with Gasteiger partial charge in [0.1, 0.15) is 4.83 Å². The van der Waals surface area contributed by atoms with Gasteiger partial charge >= 0.3 is 24.8 Å². The van der Waals surface area contributed by atoms with Crippen LogP contribution in [0, 0.1) is 0 Å². The van der Waals surface area contributed by atoms with Crippen LogP contribution in [0.25, 0.3) is 0 Å². The van der Waals surface area contributed by atoms with E-state index < -0.39 is 10.8 Å². The van der Waals surface area contributed by atoms with Crippen LogP contribution in [-0.4, -0.2) is 34.8 Å². The Hall–Kier alpha value is 0.547. The van der Waals surface area contributed by atoms with Crippen molar-refractivity contribution in [3.63, 3.8) is 0 Å². The van der Waals surface area contributed by atoms with Gasteiger partial charge in [-0.3, -0.25) is 4.79 Å². The molecule has 1 unspecified atom stereocenters. The molecule has 0 heterocycles. The first-order valence-electron chi connectivity index (χ1n) is 1.51. The number of carboxylic acid groups (broad SMARTS) is 1. The van der Waals surface area contributed by atoms with Gasteiger partial charge in [0.05, 0.1) is 0 Å². The molecule has 0 spiro atoms. The summed E-state index contributed by atoms with van der Waals surface area (Å²) in [5.74, 6) is -0.824. The topological polar surface area (TPSA) is 37.3 Å². The second-order valence-corrected chi connectivity index (χ2v) is 2.33. The molecule has 0 aromatic rings. The van der Waals surface area contributed by atoms with Gasteiger partial charge in [0.25, 0.3) is 0 Å². The first-order chi connectivity index (χ1) is 2.64. The van der Waals surface area contributed by atoms with Crippen molar-refractivity contribution in [1.82, 2.24) is 0 Å². The molecular weight excluding hydrogens is 155 g/mol. The first-order valence-corrected chi connectivity index (χ1v) is 2.43. The van der Waals surface area contributed by atoms with E-state index in [0.717, 1.165) is 0 Å². The first kappa shape index (κ1) is 10.5. The van der Waals surface area contributed by atoms with E-state index in [-0.39, 0.29) is 18.9 Å². The molecule has 1 N–H and O–H groups in total. The number of alkyl halides is 1. The predicted molar refractivity (Wildman–Crippen MR) is 33.2 cm³/mol. The zero-order valence-corrected chi connectivity index (χ0v) is 4.90. The van der Waals surface area contributed by atoms with Gasteiger partial charge in [-0.05, 0) is 6.92 Å². The SMILES string of the molecule is CC(Br)C(=O)O.[LiH]. The minimum absolute atomic E-state index is 0. The van der Waals surface area contributed by atoms with Crippen LogP contribution in [0.3, 0.4) is 0 Å². The molecule has 0 amide bonds. The van der Waals surface area contributed by atoms with Crippen LogP contribution in [0.1, 0.15) is 6.92 Å². The van der Waals surface area contributed by atoms with E-state index in [2.05, 4.69) is 15.9 Å². The van der Waals surface area contributed by atoms with Gasteiger partial charge in [-0.15, -0.1) is 0 Å². The molecule has 0 aliphatic rings. The van der Waals surface area contributed by atoms with Crippen molar-refractivity contribution in [2.75, 3.05) is 0 Å². The van der Waals surface area contributed by atoms with E-state index in [1.54, 1.807) is 6.92 Å². The molecule has 0 aliphatic heterocycles. The minimum atomic E-state index is -0.824. The second-order valence-electron chi connectivity index (χ2n) is 0.954. The molecule has 38 valence electrons. The van der Waals surface area contributed by atoms with Crippen molar-refractivity contribution in [2.24, 2.45) is 0 Å². The molecular formula is C3H6BrLiO2. The number of hydrogen-bond donors (Lipinski definition) is 1. The van der Waals surface area contributed by atoms with Crippen molar-refractivity contribution in [3.8, 4) is 0 Å². The molecule has 0 saturated heterocycles. The molecule has 0 rings (SSSR count). The fraction of sp³-hybridized carbons (Fsp3) is 0.667. The van der Waals surface area contributed by atoms with Gasteiger partial charge < -0.3 is 5.11 Å². The average molecular weight is 161 g/mol. The van der Waals surface area contributed by atoms with Gasteiger partial charge in [0, 0.05) is 0 Å². The Morgan fingerprint density at radius 2 is 2.00 bits per heavy atom. The summed E-state index contributed by atoms with van der Waals surface area (Å²) < 4.78 is 0. The van der Waals surface area contributed by atoms with E-state index in [9.17, 15) is 4.79 Å². The Balaban J connectivity index is 0. The number of halogens is 1. The molecule has 7 heavy (non-hydrogen) atoms. The molecule has 0 bridgehead atoms. The molecule has 0 aromatic carbocycles. The van der Waals surface area contributed by atoms with E-state index in [1.807, 2.05) is 0 Å². The Kier molecular flexibility index (Phi) is 7.06. The summed E-state index contributed by atoms with van der Waals surface area (Å²) in [6.07, 6.45) is 0. The summed E-state index contributed by atoms with van der Waals surface area (Å²) in [5.41, 5.74) is 0. The third-order valence-electron chi connectivity index (χ3n) is 0.340. The molecule has 2 nitrogen and oxygen atoms in total. The van der Waals surface area contributed by atoms with Crippen molar-refractivity contribution < 1.29 is 9.90 Å². The van der Waals surface area contributed by atoms with E-state index in [1.165, 1.54) is 0 Å². The molecule has 0 radical (unpaired) electrons. The summed E-state index contributed by atoms with van der Waals surface area (Å²) in [7, 11) is 0. The number of aliphatic carboxylic acids is 1. The third-order valence-corrected chi connectivity index (χ3v) is 0.732. The van der Waals surface area contributed by atoms with E-state index >= 15 is 0 Å². The normalized spacial score (nSPS) is 11.7. The quantitative estimate of drug-likeness (QED) is 0.440. The van der Waals surface area contributed by atoms with Crippen LogP contribution < -0.4 is 0 Å². The Labute approximate surface area is 62.6 Å². The average Bonchev–Trinajstić information content (AvgIpc) is 1.36. The fourth-order valence-electron chi connectivity index (χ4n) is 0.